The van der Waals surface area contributed by atoms with E-state index in [2.05, 4.69) is 15.9 Å². The highest BCUT2D eigenvalue weighted by atomic mass is 79.9. The lowest BCUT2D eigenvalue weighted by atomic mass is 10.1. The molecular formula is C26H23BrN2O3S. The third kappa shape index (κ3) is 4.99. The number of ether oxygens (including phenoxy) is 2. The summed E-state index contributed by atoms with van der Waals surface area (Å²) in [6, 6.07) is 19.4. The summed E-state index contributed by atoms with van der Waals surface area (Å²) in [5, 5.41) is 0.607. The molecule has 1 aliphatic rings. The van der Waals surface area contributed by atoms with Crippen molar-refractivity contribution in [3.05, 3.63) is 86.7 Å². The smallest absolute Gasteiger partial charge is 0.271 e. The van der Waals surface area contributed by atoms with Crippen LogP contribution in [0.1, 0.15) is 16.7 Å². The molecule has 0 radical (unpaired) electrons. The van der Waals surface area contributed by atoms with Gasteiger partial charge in [0, 0.05) is 4.47 Å². The van der Waals surface area contributed by atoms with E-state index >= 15 is 0 Å². The molecule has 1 aliphatic heterocycles. The number of methoxy groups -OCH3 is 2. The molecule has 0 aromatic heterocycles. The van der Waals surface area contributed by atoms with Crippen LogP contribution in [-0.2, 0) is 4.79 Å². The number of aryl methyl sites for hydroxylation is 2. The lowest BCUT2D eigenvalue weighted by Gasteiger charge is -2.16. The fourth-order valence-electron chi connectivity index (χ4n) is 3.32. The summed E-state index contributed by atoms with van der Waals surface area (Å²) in [4.78, 5) is 20.5. The standard InChI is InChI=1S/C26H23BrN2O3S/c1-16-5-9-19(10-6-16)28-26-29(20-11-7-17(2)8-12-20)25(30)24(33-26)14-18-13-22(31-3)23(32-4)15-21(18)27/h5-15H,1-4H3/b24-14-,28-26?. The Bertz CT molecular complexity index is 1250. The van der Waals surface area contributed by atoms with Gasteiger partial charge >= 0.3 is 0 Å². The Labute approximate surface area is 206 Å². The number of hydrogen-bond donors (Lipinski definition) is 0. The first-order valence-electron chi connectivity index (χ1n) is 10.3. The third-order valence-electron chi connectivity index (χ3n) is 5.15. The number of benzene rings is 3. The average Bonchev–Trinajstić information content (AvgIpc) is 3.11. The van der Waals surface area contributed by atoms with E-state index in [0.29, 0.717) is 21.6 Å². The SMILES string of the molecule is COc1cc(Br)c(/C=C2\SC(=Nc3ccc(C)cc3)N(c3ccc(C)cc3)C2=O)cc1OC. The van der Waals surface area contributed by atoms with Crippen molar-refractivity contribution < 1.29 is 14.3 Å². The second-order valence-electron chi connectivity index (χ2n) is 7.55. The number of halogens is 1. The second-order valence-corrected chi connectivity index (χ2v) is 9.41. The van der Waals surface area contributed by atoms with Gasteiger partial charge < -0.3 is 9.47 Å². The van der Waals surface area contributed by atoms with Gasteiger partial charge in [0.1, 0.15) is 0 Å². The van der Waals surface area contributed by atoms with Crippen LogP contribution in [0.5, 0.6) is 11.5 Å². The van der Waals surface area contributed by atoms with E-state index in [0.717, 1.165) is 32.5 Å². The van der Waals surface area contributed by atoms with Gasteiger partial charge in [0.2, 0.25) is 0 Å². The molecule has 1 saturated heterocycles. The third-order valence-corrected chi connectivity index (χ3v) is 6.80. The number of amides is 1. The molecule has 0 atom stereocenters. The summed E-state index contributed by atoms with van der Waals surface area (Å²) >= 11 is 4.92. The Kier molecular flexibility index (Phi) is 6.91. The van der Waals surface area contributed by atoms with Gasteiger partial charge in [0.15, 0.2) is 16.7 Å². The van der Waals surface area contributed by atoms with Crippen LogP contribution >= 0.6 is 27.7 Å². The zero-order valence-corrected chi connectivity index (χ0v) is 21.2. The molecule has 0 spiro atoms. The van der Waals surface area contributed by atoms with Crippen molar-refractivity contribution in [2.75, 3.05) is 19.1 Å². The molecule has 3 aromatic carbocycles. The number of hydrogen-bond acceptors (Lipinski definition) is 5. The van der Waals surface area contributed by atoms with Gasteiger partial charge in [-0.15, -0.1) is 0 Å². The zero-order chi connectivity index (χ0) is 23.5. The average molecular weight is 523 g/mol. The highest BCUT2D eigenvalue weighted by Crippen LogP contribution is 2.40. The van der Waals surface area contributed by atoms with Crippen molar-refractivity contribution in [2.45, 2.75) is 13.8 Å². The van der Waals surface area contributed by atoms with Crippen molar-refractivity contribution in [3.63, 3.8) is 0 Å². The molecule has 0 N–H and O–H groups in total. The van der Waals surface area contributed by atoms with Crippen LogP contribution in [0.25, 0.3) is 6.08 Å². The largest absolute Gasteiger partial charge is 0.493 e. The maximum Gasteiger partial charge on any atom is 0.271 e. The van der Waals surface area contributed by atoms with Gasteiger partial charge in [0.25, 0.3) is 5.91 Å². The lowest BCUT2D eigenvalue weighted by molar-refractivity contribution is -0.113. The van der Waals surface area contributed by atoms with Gasteiger partial charge in [-0.3, -0.25) is 9.69 Å². The maximum absolute atomic E-state index is 13.5. The van der Waals surface area contributed by atoms with Crippen molar-refractivity contribution >= 4 is 56.2 Å². The molecule has 4 rings (SSSR count). The summed E-state index contributed by atoms with van der Waals surface area (Å²) in [5.41, 5.74) is 4.66. The van der Waals surface area contributed by atoms with Crippen LogP contribution in [0, 0.1) is 13.8 Å². The predicted octanol–water partition coefficient (Wildman–Crippen LogP) is 6.89. The number of aliphatic imine (C=N–C) groups is 1. The Morgan fingerprint density at radius 1 is 0.909 bits per heavy atom. The zero-order valence-electron chi connectivity index (χ0n) is 18.8. The molecule has 0 bridgehead atoms. The van der Waals surface area contributed by atoms with E-state index in [9.17, 15) is 4.79 Å². The number of thioether (sulfide) groups is 1. The van der Waals surface area contributed by atoms with Crippen LogP contribution in [0.2, 0.25) is 0 Å². The van der Waals surface area contributed by atoms with E-state index in [1.807, 2.05) is 80.6 Å². The minimum Gasteiger partial charge on any atom is -0.493 e. The molecule has 1 amide bonds. The van der Waals surface area contributed by atoms with Gasteiger partial charge in [-0.25, -0.2) is 4.99 Å². The van der Waals surface area contributed by atoms with Crippen LogP contribution in [0.4, 0.5) is 11.4 Å². The van der Waals surface area contributed by atoms with E-state index in [1.54, 1.807) is 19.1 Å². The van der Waals surface area contributed by atoms with E-state index in [1.165, 1.54) is 11.8 Å². The molecule has 0 unspecified atom stereocenters. The molecule has 0 aliphatic carbocycles. The first-order valence-corrected chi connectivity index (χ1v) is 11.9. The topological polar surface area (TPSA) is 51.1 Å². The van der Waals surface area contributed by atoms with E-state index in [-0.39, 0.29) is 5.91 Å². The Morgan fingerprint density at radius 2 is 1.48 bits per heavy atom. The van der Waals surface area contributed by atoms with Gasteiger partial charge in [0.05, 0.1) is 30.5 Å². The summed E-state index contributed by atoms with van der Waals surface area (Å²) in [6.07, 6.45) is 1.85. The molecular weight excluding hydrogens is 500 g/mol. The first kappa shape index (κ1) is 23.1. The monoisotopic (exact) mass is 522 g/mol. The van der Waals surface area contributed by atoms with Crippen LogP contribution in [0.15, 0.2) is 75.0 Å². The van der Waals surface area contributed by atoms with Gasteiger partial charge in [-0.05, 0) is 73.6 Å². The van der Waals surface area contributed by atoms with Gasteiger partial charge in [-0.2, -0.15) is 0 Å². The van der Waals surface area contributed by atoms with Crippen LogP contribution in [-0.4, -0.2) is 25.3 Å². The molecule has 33 heavy (non-hydrogen) atoms. The number of carbonyl (C=O) groups is 1. The maximum atomic E-state index is 13.5. The van der Waals surface area contributed by atoms with Crippen molar-refractivity contribution in [2.24, 2.45) is 4.99 Å². The fourth-order valence-corrected chi connectivity index (χ4v) is 4.75. The second kappa shape index (κ2) is 9.85. The Hall–Kier alpha value is -3.03. The highest BCUT2D eigenvalue weighted by molar-refractivity contribution is 9.10. The van der Waals surface area contributed by atoms with Crippen LogP contribution < -0.4 is 14.4 Å². The predicted molar refractivity (Wildman–Crippen MR) is 140 cm³/mol. The quantitative estimate of drug-likeness (QED) is 0.342. The number of carbonyl (C=O) groups excluding carboxylic acids is 1. The Morgan fingerprint density at radius 3 is 2.09 bits per heavy atom. The van der Waals surface area contributed by atoms with Crippen molar-refractivity contribution in [3.8, 4) is 11.5 Å². The molecule has 1 heterocycles. The van der Waals surface area contributed by atoms with Crippen molar-refractivity contribution in [1.82, 2.24) is 0 Å². The molecule has 168 valence electrons. The summed E-state index contributed by atoms with van der Waals surface area (Å²) in [6.45, 7) is 4.05. The minimum atomic E-state index is -0.128. The summed E-state index contributed by atoms with van der Waals surface area (Å²) in [7, 11) is 3.18. The molecule has 3 aromatic rings. The number of rotatable bonds is 5. The van der Waals surface area contributed by atoms with Crippen molar-refractivity contribution in [1.29, 1.82) is 0 Å². The highest BCUT2D eigenvalue weighted by Gasteiger charge is 2.35. The fraction of sp³-hybridized carbons (Fsp3) is 0.154. The summed E-state index contributed by atoms with van der Waals surface area (Å²) in [5.74, 6) is 1.07. The molecule has 1 fully saturated rings. The Balaban J connectivity index is 1.79. The lowest BCUT2D eigenvalue weighted by Crippen LogP contribution is -2.28. The van der Waals surface area contributed by atoms with E-state index < -0.39 is 0 Å². The van der Waals surface area contributed by atoms with E-state index in [4.69, 9.17) is 14.5 Å². The number of anilines is 1. The normalized spacial score (nSPS) is 16.0. The first-order chi connectivity index (χ1) is 15.9. The minimum absolute atomic E-state index is 0.128. The molecule has 5 nitrogen and oxygen atoms in total. The number of amidine groups is 1. The summed E-state index contributed by atoms with van der Waals surface area (Å²) < 4.78 is 11.6. The van der Waals surface area contributed by atoms with Crippen LogP contribution in [0.3, 0.4) is 0 Å². The molecule has 0 saturated carbocycles. The number of nitrogens with zero attached hydrogens (tertiary/aromatic N) is 2. The molecule has 7 heteroatoms. The van der Waals surface area contributed by atoms with Gasteiger partial charge in [-0.1, -0.05) is 51.3 Å².